The molecule has 3 heterocycles. The molecule has 0 fully saturated rings. The number of pyridine rings is 1. The van der Waals surface area contributed by atoms with E-state index >= 15 is 0 Å². The molecule has 0 radical (unpaired) electrons. The lowest BCUT2D eigenvalue weighted by Gasteiger charge is -2.06. The molecule has 3 aromatic heterocycles. The van der Waals surface area contributed by atoms with Crippen LogP contribution < -0.4 is 0 Å². The maximum Gasteiger partial charge on any atom is 0.232 e. The Balaban J connectivity index is 1.53. The average molecular weight is 366 g/mol. The summed E-state index contributed by atoms with van der Waals surface area (Å²) in [5.41, 5.74) is 2.89. The maximum absolute atomic E-state index is 5.85. The van der Waals surface area contributed by atoms with Gasteiger partial charge in [-0.25, -0.2) is 4.98 Å². The number of benzene rings is 1. The van der Waals surface area contributed by atoms with Crippen molar-refractivity contribution >= 4 is 11.6 Å². The molecule has 0 N–H and O–H groups in total. The Morgan fingerprint density at radius 3 is 2.85 bits per heavy atom. The Labute approximate surface area is 155 Å². The predicted molar refractivity (Wildman–Crippen MR) is 97.9 cm³/mol. The lowest BCUT2D eigenvalue weighted by atomic mass is 10.1. The summed E-state index contributed by atoms with van der Waals surface area (Å²) in [6, 6.07) is 11.7. The summed E-state index contributed by atoms with van der Waals surface area (Å²) in [6.45, 7) is 2.74. The Morgan fingerprint density at radius 2 is 2.08 bits per heavy atom. The van der Waals surface area contributed by atoms with Crippen molar-refractivity contribution in [1.82, 2.24) is 24.7 Å². The van der Waals surface area contributed by atoms with Crippen LogP contribution in [0.15, 0.2) is 59.5 Å². The van der Waals surface area contributed by atoms with Crippen molar-refractivity contribution in [2.75, 3.05) is 0 Å². The number of aromatic nitrogens is 5. The molecule has 26 heavy (non-hydrogen) atoms. The molecule has 0 aliphatic heterocycles. The zero-order valence-corrected chi connectivity index (χ0v) is 14.9. The van der Waals surface area contributed by atoms with Crippen molar-refractivity contribution in [3.8, 4) is 11.4 Å². The molecule has 4 aromatic rings. The third-order valence-corrected chi connectivity index (χ3v) is 4.27. The van der Waals surface area contributed by atoms with Gasteiger partial charge >= 0.3 is 0 Å². The number of hydrogen-bond acceptors (Lipinski definition) is 5. The van der Waals surface area contributed by atoms with Crippen LogP contribution >= 0.6 is 11.6 Å². The molecule has 1 aromatic carbocycles. The first kappa shape index (κ1) is 16.5. The second-order valence-corrected chi connectivity index (χ2v) is 6.40. The van der Waals surface area contributed by atoms with Crippen molar-refractivity contribution in [1.29, 1.82) is 0 Å². The fourth-order valence-corrected chi connectivity index (χ4v) is 2.80. The van der Waals surface area contributed by atoms with E-state index in [2.05, 4.69) is 36.8 Å². The molecule has 0 aliphatic rings. The summed E-state index contributed by atoms with van der Waals surface area (Å²) in [4.78, 5) is 13.0. The van der Waals surface area contributed by atoms with E-state index in [1.165, 1.54) is 0 Å². The highest BCUT2D eigenvalue weighted by Crippen LogP contribution is 2.19. The first-order valence-electron chi connectivity index (χ1n) is 8.17. The van der Waals surface area contributed by atoms with Crippen LogP contribution in [0.5, 0.6) is 0 Å². The van der Waals surface area contributed by atoms with Gasteiger partial charge in [0, 0.05) is 36.4 Å². The molecule has 0 atom stereocenters. The van der Waals surface area contributed by atoms with Gasteiger partial charge in [-0.1, -0.05) is 35.0 Å². The van der Waals surface area contributed by atoms with E-state index in [9.17, 15) is 0 Å². The maximum atomic E-state index is 5.85. The summed E-state index contributed by atoms with van der Waals surface area (Å²) in [6.07, 6.45) is 5.84. The third-order valence-electron chi connectivity index (χ3n) is 4.05. The minimum Gasteiger partial charge on any atom is -0.339 e. The van der Waals surface area contributed by atoms with Crippen molar-refractivity contribution in [2.24, 2.45) is 0 Å². The van der Waals surface area contributed by atoms with E-state index in [4.69, 9.17) is 16.1 Å². The van der Waals surface area contributed by atoms with Gasteiger partial charge < -0.3 is 9.09 Å². The Hall–Kier alpha value is -2.99. The fourth-order valence-electron chi connectivity index (χ4n) is 2.69. The van der Waals surface area contributed by atoms with Crippen molar-refractivity contribution in [3.05, 3.63) is 83.0 Å². The van der Waals surface area contributed by atoms with Crippen molar-refractivity contribution in [2.45, 2.75) is 19.9 Å². The zero-order chi connectivity index (χ0) is 17.9. The van der Waals surface area contributed by atoms with Crippen molar-refractivity contribution in [3.63, 3.8) is 0 Å². The first-order chi connectivity index (χ1) is 12.7. The largest absolute Gasteiger partial charge is 0.339 e. The van der Waals surface area contributed by atoms with Gasteiger partial charge in [-0.2, -0.15) is 4.98 Å². The zero-order valence-electron chi connectivity index (χ0n) is 14.1. The second kappa shape index (κ2) is 7.09. The highest BCUT2D eigenvalue weighted by molar-refractivity contribution is 6.30. The third kappa shape index (κ3) is 3.65. The van der Waals surface area contributed by atoms with E-state index < -0.39 is 0 Å². The van der Waals surface area contributed by atoms with Gasteiger partial charge in [0.1, 0.15) is 5.82 Å². The average Bonchev–Trinajstić information content (AvgIpc) is 3.27. The molecule has 0 saturated carbocycles. The van der Waals surface area contributed by atoms with Crippen LogP contribution in [-0.2, 0) is 13.0 Å². The van der Waals surface area contributed by atoms with Crippen LogP contribution in [0.4, 0.5) is 0 Å². The van der Waals surface area contributed by atoms with Crippen LogP contribution in [0.1, 0.15) is 23.0 Å². The number of halogens is 1. The normalized spacial score (nSPS) is 11.0. The molecule has 0 unspecified atom stereocenters. The van der Waals surface area contributed by atoms with Gasteiger partial charge in [-0.15, -0.1) is 0 Å². The smallest absolute Gasteiger partial charge is 0.232 e. The molecule has 0 bridgehead atoms. The number of imidazole rings is 1. The summed E-state index contributed by atoms with van der Waals surface area (Å²) in [7, 11) is 0. The van der Waals surface area contributed by atoms with Crippen molar-refractivity contribution < 1.29 is 4.52 Å². The monoisotopic (exact) mass is 365 g/mol. The minimum atomic E-state index is 0.470. The quantitative estimate of drug-likeness (QED) is 0.536. The molecular formula is C19H16ClN5O. The Morgan fingerprint density at radius 1 is 1.15 bits per heavy atom. The second-order valence-electron chi connectivity index (χ2n) is 5.96. The fraction of sp³-hybridized carbons (Fsp3) is 0.158. The molecule has 6 nitrogen and oxygen atoms in total. The van der Waals surface area contributed by atoms with E-state index in [0.29, 0.717) is 23.2 Å². The summed E-state index contributed by atoms with van der Waals surface area (Å²) in [5.74, 6) is 2.07. The van der Waals surface area contributed by atoms with Gasteiger partial charge in [-0.3, -0.25) is 4.98 Å². The summed E-state index contributed by atoms with van der Waals surface area (Å²) < 4.78 is 7.46. The predicted octanol–water partition coefficient (Wildman–Crippen LogP) is 3.93. The standard InChI is InChI=1S/C19H16ClN5O/c1-13-21-7-8-25(13)12-14-3-2-4-15(9-14)19-23-18(26-24-19)10-17-6-5-16(20)11-22-17/h2-9,11H,10,12H2,1H3. The Kier molecular flexibility index (Phi) is 4.50. The lowest BCUT2D eigenvalue weighted by molar-refractivity contribution is 0.385. The number of nitrogens with zero attached hydrogens (tertiary/aromatic N) is 5. The number of aryl methyl sites for hydroxylation is 1. The van der Waals surface area contributed by atoms with Crippen LogP contribution in [0, 0.1) is 6.92 Å². The van der Waals surface area contributed by atoms with Gasteiger partial charge in [0.25, 0.3) is 0 Å². The molecule has 0 aliphatic carbocycles. The molecule has 130 valence electrons. The molecule has 0 amide bonds. The minimum absolute atomic E-state index is 0.470. The van der Waals surface area contributed by atoms with Crippen LogP contribution in [0.3, 0.4) is 0 Å². The van der Waals surface area contributed by atoms with E-state index in [0.717, 1.165) is 29.2 Å². The molecule has 0 saturated heterocycles. The molecule has 7 heteroatoms. The number of hydrogen-bond donors (Lipinski definition) is 0. The topological polar surface area (TPSA) is 69.6 Å². The van der Waals surface area contributed by atoms with Gasteiger partial charge in [0.2, 0.25) is 11.7 Å². The SMILES string of the molecule is Cc1nccn1Cc1cccc(-c2noc(Cc3ccc(Cl)cn3)n2)c1. The van der Waals surface area contributed by atoms with Crippen LogP contribution in [0.2, 0.25) is 5.02 Å². The summed E-state index contributed by atoms with van der Waals surface area (Å²) >= 11 is 5.85. The lowest BCUT2D eigenvalue weighted by Crippen LogP contribution is -2.00. The highest BCUT2D eigenvalue weighted by Gasteiger charge is 2.11. The Bertz CT molecular complexity index is 1020. The van der Waals surface area contributed by atoms with Crippen LogP contribution in [-0.4, -0.2) is 24.7 Å². The van der Waals surface area contributed by atoms with E-state index in [1.807, 2.05) is 31.3 Å². The highest BCUT2D eigenvalue weighted by atomic mass is 35.5. The van der Waals surface area contributed by atoms with Gasteiger partial charge in [-0.05, 0) is 30.7 Å². The molecule has 4 rings (SSSR count). The molecular weight excluding hydrogens is 350 g/mol. The van der Waals surface area contributed by atoms with Gasteiger partial charge in [0.15, 0.2) is 0 Å². The molecule has 0 spiro atoms. The summed E-state index contributed by atoms with van der Waals surface area (Å²) in [5, 5.41) is 4.70. The van der Waals surface area contributed by atoms with E-state index in [1.54, 1.807) is 18.5 Å². The van der Waals surface area contributed by atoms with Crippen LogP contribution in [0.25, 0.3) is 11.4 Å². The number of rotatable bonds is 5. The first-order valence-corrected chi connectivity index (χ1v) is 8.55. The van der Waals surface area contributed by atoms with Gasteiger partial charge in [0.05, 0.1) is 11.4 Å². The van der Waals surface area contributed by atoms with E-state index in [-0.39, 0.29) is 0 Å².